The average molecular weight is 368 g/mol. The Morgan fingerprint density at radius 1 is 0.333 bits per heavy atom. The maximum atomic E-state index is 0. The van der Waals surface area contributed by atoms with Gasteiger partial charge in [-0.05, 0) is 0 Å². The molecule has 12 heteroatoms. The Labute approximate surface area is 110 Å². The van der Waals surface area contributed by atoms with Gasteiger partial charge in [-0.2, -0.15) is 0 Å². The van der Waals surface area contributed by atoms with Crippen molar-refractivity contribution in [2.45, 2.75) is 0 Å². The van der Waals surface area contributed by atoms with Gasteiger partial charge in [-0.1, -0.05) is 0 Å². The zero-order chi connectivity index (χ0) is 0. The second-order valence-corrected chi connectivity index (χ2v) is 0. The largest absolute Gasteiger partial charge is 2.00 e. The molecule has 8 N–H and O–H groups in total. The second-order valence-electron chi connectivity index (χ2n) is 0. The Morgan fingerprint density at radius 2 is 0.333 bits per heavy atom. The molecule has 8 nitrogen and oxygen atoms in total. The topological polar surface area (TPSA) is 240 Å². The predicted molar refractivity (Wildman–Crippen MR) is 15.5 cm³/mol. The summed E-state index contributed by atoms with van der Waals surface area (Å²) in [5.74, 6) is 0. The molecule has 0 bridgehead atoms. The van der Waals surface area contributed by atoms with E-state index in [9.17, 15) is 0 Å². The molecule has 0 aliphatic rings. The molecule has 0 heterocycles. The molecule has 0 rings (SSSR count). The van der Waals surface area contributed by atoms with E-state index >= 15 is 0 Å². The van der Waals surface area contributed by atoms with Gasteiger partial charge in [-0.3, -0.25) is 0 Å². The first-order valence-electron chi connectivity index (χ1n) is 0. The summed E-state index contributed by atoms with van der Waals surface area (Å²) in [6.07, 6.45) is 0. The van der Waals surface area contributed by atoms with Crippen LogP contribution in [-0.4, -0.2) is 43.8 Å². The van der Waals surface area contributed by atoms with E-state index in [2.05, 4.69) is 0 Å². The molecule has 0 saturated carbocycles. The van der Waals surface area contributed by atoms with Crippen molar-refractivity contribution in [3.63, 3.8) is 0 Å². The molecule has 0 aromatic rings. The quantitative estimate of drug-likeness (QED) is 0.458. The number of hydrogen-bond donors (Lipinski definition) is 0. The maximum absolute atomic E-state index is 0. The Morgan fingerprint density at radius 3 is 0.333 bits per heavy atom. The minimum absolute atomic E-state index is 0. The molecule has 12 heavy (non-hydrogen) atoms. The Balaban J connectivity index is 0. The number of rotatable bonds is 0. The molecule has 0 aliphatic carbocycles. The molecular formula is H8Co2FeNiO8. The van der Waals surface area contributed by atoms with Crippen molar-refractivity contribution in [1.29, 1.82) is 0 Å². The molecule has 2 radical (unpaired) electrons. The van der Waals surface area contributed by atoms with E-state index in [0.29, 0.717) is 0 Å². The SMILES string of the molecule is [Co+2].[Co+2].[Fe+2].[Ni+2].[OH-].[OH-].[OH-].[OH-].[OH-].[OH-].[OH-].[OH-]. The van der Waals surface area contributed by atoms with E-state index in [1.807, 2.05) is 0 Å². The average Bonchev–Trinajstić information content (AvgIpc) is 0. The summed E-state index contributed by atoms with van der Waals surface area (Å²) in [5, 5.41) is 0. The third kappa shape index (κ3) is 461. The van der Waals surface area contributed by atoms with Crippen molar-refractivity contribution in [3.8, 4) is 0 Å². The fourth-order valence-corrected chi connectivity index (χ4v) is 0. The van der Waals surface area contributed by atoms with E-state index in [1.165, 1.54) is 0 Å². The summed E-state index contributed by atoms with van der Waals surface area (Å²) in [6, 6.07) is 0. The van der Waals surface area contributed by atoms with E-state index in [1.54, 1.807) is 0 Å². The summed E-state index contributed by atoms with van der Waals surface area (Å²) in [5.41, 5.74) is 0. The van der Waals surface area contributed by atoms with Crippen LogP contribution >= 0.6 is 0 Å². The van der Waals surface area contributed by atoms with Crippen LogP contribution in [0.25, 0.3) is 0 Å². The van der Waals surface area contributed by atoms with Crippen LogP contribution in [0.2, 0.25) is 0 Å². The molecular weight excluding hydrogens is 360 g/mol. The van der Waals surface area contributed by atoms with Gasteiger partial charge in [-0.25, -0.2) is 0 Å². The zero-order valence-electron chi connectivity index (χ0n) is 4.91. The molecule has 0 unspecified atom stereocenters. The maximum Gasteiger partial charge on any atom is 2.00 e. The van der Waals surface area contributed by atoms with Crippen molar-refractivity contribution in [2.75, 3.05) is 0 Å². The van der Waals surface area contributed by atoms with Crippen LogP contribution < -0.4 is 0 Å². The summed E-state index contributed by atoms with van der Waals surface area (Å²) in [4.78, 5) is 0. The van der Waals surface area contributed by atoms with E-state index < -0.39 is 0 Å². The minimum Gasteiger partial charge on any atom is -0.870 e. The van der Waals surface area contributed by atoms with Gasteiger partial charge in [0.1, 0.15) is 0 Å². The smallest absolute Gasteiger partial charge is 0.870 e. The standard InChI is InChI=1S/2Co.Fe.Ni.8H2O/h;;;;8*1H2/q4*+2;;;;;;;;/p-8. The Bertz CT molecular complexity index is 17.0. The zero-order valence-corrected chi connectivity index (χ0v) is 9.09. The van der Waals surface area contributed by atoms with Crippen LogP contribution in [0.3, 0.4) is 0 Å². The monoisotopic (exact) mass is 368 g/mol. The fraction of sp³-hybridized carbons (Fsp3) is 0. The predicted octanol–water partition coefficient (Wildman–Crippen LogP) is -1.42. The normalized spacial score (nSPS) is 0. The van der Waals surface area contributed by atoms with Crippen LogP contribution in [0.5, 0.6) is 0 Å². The van der Waals surface area contributed by atoms with Gasteiger partial charge >= 0.3 is 67.1 Å². The van der Waals surface area contributed by atoms with E-state index in [0.717, 1.165) is 0 Å². The molecule has 92 valence electrons. The third-order valence-electron chi connectivity index (χ3n) is 0. The third-order valence-corrected chi connectivity index (χ3v) is 0. The Hall–Kier alpha value is 1.71. The molecule has 0 atom stereocenters. The van der Waals surface area contributed by atoms with Crippen LogP contribution in [0.4, 0.5) is 0 Å². The van der Waals surface area contributed by atoms with Gasteiger partial charge in [-0.15, -0.1) is 0 Å². The minimum atomic E-state index is 0. The number of hydrogen-bond acceptors (Lipinski definition) is 8. The van der Waals surface area contributed by atoms with Gasteiger partial charge in [0.15, 0.2) is 0 Å². The van der Waals surface area contributed by atoms with Crippen molar-refractivity contribution in [2.24, 2.45) is 0 Å². The molecule has 0 spiro atoms. The molecule has 0 saturated heterocycles. The summed E-state index contributed by atoms with van der Waals surface area (Å²) in [6.45, 7) is 0. The molecule has 0 aliphatic heterocycles. The van der Waals surface area contributed by atoms with E-state index in [4.69, 9.17) is 0 Å². The molecule has 0 fully saturated rings. The summed E-state index contributed by atoms with van der Waals surface area (Å²) < 4.78 is 0. The van der Waals surface area contributed by atoms with Gasteiger partial charge in [0.2, 0.25) is 0 Å². The first-order valence-corrected chi connectivity index (χ1v) is 0. The van der Waals surface area contributed by atoms with Crippen molar-refractivity contribution in [1.82, 2.24) is 0 Å². The molecule has 0 amide bonds. The molecule has 0 aromatic carbocycles. The van der Waals surface area contributed by atoms with Crippen LogP contribution in [0, 0.1) is 0 Å². The van der Waals surface area contributed by atoms with Crippen molar-refractivity contribution < 1.29 is 111 Å². The molecule has 0 aromatic heterocycles. The van der Waals surface area contributed by atoms with Crippen molar-refractivity contribution >= 4 is 0 Å². The van der Waals surface area contributed by atoms with Crippen LogP contribution in [0.1, 0.15) is 0 Å². The van der Waals surface area contributed by atoms with Gasteiger partial charge in [0, 0.05) is 0 Å². The first-order chi connectivity index (χ1) is 0. The summed E-state index contributed by atoms with van der Waals surface area (Å²) in [7, 11) is 0. The fourth-order valence-electron chi connectivity index (χ4n) is 0. The van der Waals surface area contributed by atoms with Gasteiger partial charge in [0.25, 0.3) is 0 Å². The second kappa shape index (κ2) is 598. The Kier molecular flexibility index (Phi) is 37900. The summed E-state index contributed by atoms with van der Waals surface area (Å²) >= 11 is 0. The van der Waals surface area contributed by atoms with Gasteiger partial charge in [0.05, 0.1) is 0 Å². The first kappa shape index (κ1) is 760. The van der Waals surface area contributed by atoms with Crippen LogP contribution in [0.15, 0.2) is 0 Å². The van der Waals surface area contributed by atoms with Crippen LogP contribution in [-0.2, 0) is 67.1 Å². The van der Waals surface area contributed by atoms with Gasteiger partial charge < -0.3 is 43.8 Å². The van der Waals surface area contributed by atoms with Crippen molar-refractivity contribution in [3.05, 3.63) is 0 Å². The van der Waals surface area contributed by atoms with E-state index in [-0.39, 0.29) is 111 Å².